The third kappa shape index (κ3) is 46.8. The summed E-state index contributed by atoms with van der Waals surface area (Å²) in [6, 6.07) is 48.3. The summed E-state index contributed by atoms with van der Waals surface area (Å²) in [5.74, 6) is 1.46. The lowest BCUT2D eigenvalue weighted by molar-refractivity contribution is 0.473. The number of aromatic hydroxyl groups is 8. The van der Waals surface area contributed by atoms with Gasteiger partial charge in [0.05, 0.1) is 39.3 Å². The summed E-state index contributed by atoms with van der Waals surface area (Å²) in [6.07, 6.45) is 47.4. The highest BCUT2D eigenvalue weighted by molar-refractivity contribution is 5.90. The molecule has 0 spiro atoms. The Bertz CT molecular complexity index is 5000. The molecule has 0 unspecified atom stereocenters. The molecule has 8 aromatic rings. The van der Waals surface area contributed by atoms with Gasteiger partial charge in [-0.15, -0.1) is 0 Å². The highest BCUT2D eigenvalue weighted by Crippen LogP contribution is 2.33. The lowest BCUT2D eigenvalue weighted by Gasteiger charge is -2.25. The maximum Gasteiger partial charge on any atom is 0.176 e. The number of nitrogens with zero attached hydrogens (tertiary/aromatic N) is 18. The minimum absolute atomic E-state index is 0.00449. The molecule has 8 rings (SSSR count). The number of hydrogen-bond acceptors (Lipinski definition) is 26. The van der Waals surface area contributed by atoms with Gasteiger partial charge >= 0.3 is 0 Å². The Morgan fingerprint density at radius 3 is 0.604 bits per heavy atom. The van der Waals surface area contributed by atoms with Crippen molar-refractivity contribution in [3.8, 4) is 58.1 Å². The van der Waals surface area contributed by atoms with Crippen LogP contribution in [0.2, 0.25) is 0 Å². The van der Waals surface area contributed by atoms with E-state index in [2.05, 4.69) is 139 Å². The molecule has 0 saturated carbocycles. The average Bonchev–Trinajstić information content (AvgIpc) is 0.921. The van der Waals surface area contributed by atoms with Crippen molar-refractivity contribution in [1.29, 1.82) is 10.5 Å². The van der Waals surface area contributed by atoms with Crippen LogP contribution in [0.15, 0.2) is 197 Å². The highest BCUT2D eigenvalue weighted by Gasteiger charge is 2.17. The number of aliphatic imine (C=N–C) groups is 8. The zero-order valence-electron chi connectivity index (χ0n) is 89.8. The van der Waals surface area contributed by atoms with Crippen molar-refractivity contribution in [2.75, 3.05) is 187 Å². The van der Waals surface area contributed by atoms with Crippen LogP contribution in [0.3, 0.4) is 0 Å². The Morgan fingerprint density at radius 2 is 0.396 bits per heavy atom. The molecule has 0 saturated heterocycles. The number of benzene rings is 8. The van der Waals surface area contributed by atoms with Crippen LogP contribution >= 0.6 is 0 Å². The molecule has 0 aromatic heterocycles. The molecule has 26 heteroatoms. The van der Waals surface area contributed by atoms with Crippen LogP contribution < -0.4 is 39.2 Å². The third-order valence-corrected chi connectivity index (χ3v) is 24.4. The van der Waals surface area contributed by atoms with Crippen molar-refractivity contribution in [2.45, 2.75) is 235 Å². The summed E-state index contributed by atoms with van der Waals surface area (Å²) in [6.45, 7) is 29.1. The van der Waals surface area contributed by atoms with Crippen molar-refractivity contribution in [1.82, 2.24) is 0 Å². The van der Waals surface area contributed by atoms with Crippen LogP contribution in [-0.4, -0.2) is 239 Å². The van der Waals surface area contributed by atoms with Crippen LogP contribution in [-0.2, 0) is 0 Å². The van der Waals surface area contributed by atoms with E-state index in [0.29, 0.717) is 72.6 Å². The molecule has 26 nitrogen and oxygen atoms in total. The van der Waals surface area contributed by atoms with Gasteiger partial charge in [-0.05, 0) is 161 Å². The Morgan fingerprint density at radius 1 is 0.215 bits per heavy atom. The first-order valence-corrected chi connectivity index (χ1v) is 52.7. The second-order valence-electron chi connectivity index (χ2n) is 37.2. The second kappa shape index (κ2) is 72.0. The Hall–Kier alpha value is -13.4. The number of allylic oxidation sites excluding steroid dienone is 2. The summed E-state index contributed by atoms with van der Waals surface area (Å²) in [5.41, 5.74) is 12.6. The summed E-state index contributed by atoms with van der Waals surface area (Å²) in [5, 5.41) is 102. The number of nitriles is 2. The number of unbranched alkanes of at least 4 members (excludes halogenated alkanes) is 20. The van der Waals surface area contributed by atoms with Crippen molar-refractivity contribution >= 4 is 95.2 Å². The molecule has 0 atom stereocenters. The fraction of sp³-hybridized carbons (Fsp3) is 0.492. The lowest BCUT2D eigenvalue weighted by Crippen LogP contribution is -2.25. The van der Waals surface area contributed by atoms with Gasteiger partial charge in [-0.3, -0.25) is 30.0 Å². The molecule has 8 N–H and O–H groups in total. The smallest absolute Gasteiger partial charge is 0.176 e. The minimum Gasteiger partial charge on any atom is -0.507 e. The van der Waals surface area contributed by atoms with Gasteiger partial charge in [0, 0.05) is 285 Å². The maximum absolute atomic E-state index is 10.9. The van der Waals surface area contributed by atoms with Gasteiger partial charge in [0.25, 0.3) is 0 Å². The third-order valence-electron chi connectivity index (χ3n) is 24.4. The monoisotopic (exact) mass is 1970 g/mol. The van der Waals surface area contributed by atoms with E-state index in [-0.39, 0.29) is 57.4 Å². The fourth-order valence-electron chi connectivity index (χ4n) is 15.4. The molecule has 782 valence electrons. The number of phenolic OH excluding ortho intramolecular Hbond substituents is 8. The molecule has 0 aliphatic carbocycles. The molecule has 0 radical (unpaired) electrons. The first-order valence-electron chi connectivity index (χ1n) is 52.7. The molecule has 144 heavy (non-hydrogen) atoms. The maximum atomic E-state index is 10.9. The Kier molecular flexibility index (Phi) is 60.5. The van der Waals surface area contributed by atoms with Crippen LogP contribution in [0.4, 0.5) is 45.5 Å². The topological polar surface area (TPSA) is 334 Å². The molecule has 0 bridgehead atoms. The fourth-order valence-corrected chi connectivity index (χ4v) is 15.4. The van der Waals surface area contributed by atoms with E-state index < -0.39 is 0 Å². The lowest BCUT2D eigenvalue weighted by atomic mass is 10.1. The van der Waals surface area contributed by atoms with Crippen LogP contribution in [0, 0.1) is 22.7 Å². The van der Waals surface area contributed by atoms with E-state index in [1.807, 2.05) is 161 Å². The van der Waals surface area contributed by atoms with E-state index in [4.69, 9.17) is 0 Å². The van der Waals surface area contributed by atoms with Crippen molar-refractivity contribution in [3.05, 3.63) is 201 Å². The zero-order chi connectivity index (χ0) is 105. The van der Waals surface area contributed by atoms with E-state index in [1.54, 1.807) is 85.8 Å². The minimum atomic E-state index is -0.214. The molecular weight excluding hydrogens is 1800 g/mol. The molecule has 0 aliphatic rings. The quantitative estimate of drug-likeness (QED) is 0.00997. The van der Waals surface area contributed by atoms with Crippen molar-refractivity contribution in [2.24, 2.45) is 39.9 Å². The number of hydrogen-bond donors (Lipinski definition) is 8. The van der Waals surface area contributed by atoms with E-state index in [1.165, 1.54) is 141 Å². The van der Waals surface area contributed by atoms with Crippen LogP contribution in [0.25, 0.3) is 0 Å². The molecule has 0 heterocycles. The first-order chi connectivity index (χ1) is 69.7. The van der Waals surface area contributed by atoms with Gasteiger partial charge in [0.2, 0.25) is 0 Å². The molecule has 0 aliphatic heterocycles. The molecule has 8 aromatic carbocycles. The van der Waals surface area contributed by atoms with Gasteiger partial charge in [0.1, 0.15) is 58.1 Å². The van der Waals surface area contributed by atoms with E-state index in [0.717, 1.165) is 160 Å². The number of anilines is 8. The molecular formula is C118H172N18O8. The predicted octanol–water partition coefficient (Wildman–Crippen LogP) is 25.4. The average molecular weight is 1970 g/mol. The van der Waals surface area contributed by atoms with Gasteiger partial charge in [-0.25, -0.2) is 9.98 Å². The summed E-state index contributed by atoms with van der Waals surface area (Å²) >= 11 is 0. The Balaban J connectivity index is 0.000000348. The Labute approximate surface area is 863 Å². The van der Waals surface area contributed by atoms with Gasteiger partial charge in [0.15, 0.2) is 11.4 Å². The molecule has 0 fully saturated rings. The van der Waals surface area contributed by atoms with E-state index in [9.17, 15) is 51.4 Å². The summed E-state index contributed by atoms with van der Waals surface area (Å²) in [4.78, 5) is 51.8. The van der Waals surface area contributed by atoms with E-state index >= 15 is 0 Å². The zero-order valence-corrected chi connectivity index (χ0v) is 89.8. The summed E-state index contributed by atoms with van der Waals surface area (Å²) < 4.78 is 0. The van der Waals surface area contributed by atoms with Crippen molar-refractivity contribution < 1.29 is 40.9 Å². The van der Waals surface area contributed by atoms with Gasteiger partial charge in [-0.1, -0.05) is 184 Å². The summed E-state index contributed by atoms with van der Waals surface area (Å²) in [7, 11) is 15.2. The van der Waals surface area contributed by atoms with Gasteiger partial charge in [-0.2, -0.15) is 10.5 Å². The molecule has 0 amide bonds. The van der Waals surface area contributed by atoms with Crippen LogP contribution in [0.1, 0.15) is 280 Å². The van der Waals surface area contributed by atoms with Gasteiger partial charge < -0.3 is 80.1 Å². The highest BCUT2D eigenvalue weighted by atomic mass is 16.3. The second-order valence-corrected chi connectivity index (χ2v) is 37.2. The largest absolute Gasteiger partial charge is 0.507 e. The number of rotatable bonds is 63. The number of phenols is 8. The first kappa shape index (κ1) is 121. The van der Waals surface area contributed by atoms with Crippen molar-refractivity contribution in [3.63, 3.8) is 0 Å². The van der Waals surface area contributed by atoms with Crippen LogP contribution in [0.5, 0.6) is 46.0 Å². The predicted molar refractivity (Wildman–Crippen MR) is 614 cm³/mol. The standard InChI is InChI=1S/C44H74N4O2.C32H50N4O2.C22H22N6O2.C20H26N4O2/c1-5-9-13-17-21-31-47(32-22-18-14-10-6-2)41-27-25-39(43(49)35-41)37-45-29-30-46-38-40-26-28-42(36-44(40)50)48(33-23-19-15-11-7-3)34-24-20-16-12-8-4;1-5-9-19-35(20-10-6-2)29-15-13-27(31(37)23-29)25-33-17-18-34-26-28-14-16-30(24-32(28)38)36(21-11-7-3)22-12-8-4;1-27(2)17-7-5-15(21(29)9-17)13-25-19(11-23)20(12-24)26-14-16-6-8-18(28(3)4)10-22(16)30;1-23(2)17-5-7-19(25)15(11-17)13-21-9-10-22-14-16-12-18(24(3)4)6-8-20(16)26/h25-28,35-38,49-50H,5-24,29-34H2,1-4H3;13-16,23-26,37-38H,5-12,17-22H2,1-4H3;5-10,13-14,29-30H,1-4H3;5-8,11-14,25-26H,9-10H2,1-4H3/b;;20-19-,25-13?,26-14?;. The SMILES string of the molecule is CCCCCCCN(CCCCCCC)c1ccc(C=NCCN=Cc2ccc(N(CCCCCCC)CCCCCCC)cc2O)c(O)c1.CCCCN(CCCC)c1ccc(C=NCCN=Cc2ccc(N(CCCC)CCCC)cc2O)c(O)c1.CN(C)c1ccc(C=N/C(C#N)=C(/C#N)N=Cc2ccc(N(C)C)cc2O)c(O)c1.CN(C)c1ccc(O)c(C=NCCN=Cc2cc(N(C)C)ccc2O)c1. The normalized spacial score (nSPS) is 11.6.